The fourth-order valence-corrected chi connectivity index (χ4v) is 2.29. The molecule has 1 aromatic rings. The number of carbonyl (C=O) groups excluding carboxylic acids is 1. The van der Waals surface area contributed by atoms with Crippen molar-refractivity contribution in [1.29, 1.82) is 0 Å². The number of rotatable bonds is 3. The van der Waals surface area contributed by atoms with Crippen molar-refractivity contribution in [2.75, 3.05) is 7.05 Å². The number of halogens is 2. The highest BCUT2D eigenvalue weighted by molar-refractivity contribution is 5.87. The molecule has 19 heavy (non-hydrogen) atoms. The van der Waals surface area contributed by atoms with Crippen molar-refractivity contribution in [2.24, 2.45) is 5.73 Å². The Morgan fingerprint density at radius 3 is 2.47 bits per heavy atom. The summed E-state index contributed by atoms with van der Waals surface area (Å²) in [5.74, 6) is -1.94. The van der Waals surface area contributed by atoms with Crippen molar-refractivity contribution in [3.8, 4) is 0 Å². The van der Waals surface area contributed by atoms with Crippen LogP contribution in [0.15, 0.2) is 18.2 Å². The SMILES string of the molecule is CC(c1ccc(F)c(F)c1)N(C)C(=O)C1(N)CCC1. The summed E-state index contributed by atoms with van der Waals surface area (Å²) in [6, 6.07) is 3.33. The number of benzene rings is 1. The van der Waals surface area contributed by atoms with Crippen LogP contribution in [0.2, 0.25) is 0 Å². The van der Waals surface area contributed by atoms with Crippen LogP contribution in [-0.4, -0.2) is 23.4 Å². The van der Waals surface area contributed by atoms with E-state index in [9.17, 15) is 13.6 Å². The van der Waals surface area contributed by atoms with Gasteiger partial charge in [-0.15, -0.1) is 0 Å². The molecule has 0 spiro atoms. The van der Waals surface area contributed by atoms with Gasteiger partial charge in [-0.25, -0.2) is 8.78 Å². The van der Waals surface area contributed by atoms with E-state index in [4.69, 9.17) is 5.73 Å². The molecule has 0 saturated heterocycles. The minimum Gasteiger partial charge on any atom is -0.337 e. The average molecular weight is 268 g/mol. The second-order valence-electron chi connectivity index (χ2n) is 5.28. The molecule has 2 rings (SSSR count). The van der Waals surface area contributed by atoms with Crippen LogP contribution >= 0.6 is 0 Å². The van der Waals surface area contributed by atoms with Gasteiger partial charge in [-0.3, -0.25) is 4.79 Å². The normalized spacial score (nSPS) is 18.6. The van der Waals surface area contributed by atoms with Crippen molar-refractivity contribution in [2.45, 2.75) is 37.8 Å². The van der Waals surface area contributed by atoms with E-state index in [1.165, 1.54) is 11.0 Å². The molecule has 0 aromatic heterocycles. The molecule has 104 valence electrons. The lowest BCUT2D eigenvalue weighted by Crippen LogP contribution is -2.59. The van der Waals surface area contributed by atoms with Gasteiger partial charge in [0.2, 0.25) is 5.91 Å². The van der Waals surface area contributed by atoms with E-state index in [0.29, 0.717) is 18.4 Å². The number of amides is 1. The highest BCUT2D eigenvalue weighted by Crippen LogP contribution is 2.33. The standard InChI is InChI=1S/C14H18F2N2O/c1-9(10-4-5-11(15)12(16)8-10)18(2)13(19)14(17)6-3-7-14/h4-5,8-9H,3,6-7,17H2,1-2H3. The molecule has 0 bridgehead atoms. The summed E-state index contributed by atoms with van der Waals surface area (Å²) >= 11 is 0. The van der Waals surface area contributed by atoms with E-state index in [1.54, 1.807) is 14.0 Å². The first-order valence-corrected chi connectivity index (χ1v) is 6.36. The van der Waals surface area contributed by atoms with Crippen molar-refractivity contribution in [3.05, 3.63) is 35.4 Å². The van der Waals surface area contributed by atoms with Crippen molar-refractivity contribution in [1.82, 2.24) is 4.90 Å². The van der Waals surface area contributed by atoms with Gasteiger partial charge in [0.25, 0.3) is 0 Å². The van der Waals surface area contributed by atoms with Gasteiger partial charge in [-0.05, 0) is 43.9 Å². The van der Waals surface area contributed by atoms with Gasteiger partial charge in [-0.1, -0.05) is 6.07 Å². The third-order valence-electron chi connectivity index (χ3n) is 4.00. The number of nitrogens with two attached hydrogens (primary N) is 1. The molecule has 0 aliphatic heterocycles. The van der Waals surface area contributed by atoms with Gasteiger partial charge >= 0.3 is 0 Å². The number of hydrogen-bond donors (Lipinski definition) is 1. The Hall–Kier alpha value is -1.49. The third kappa shape index (κ3) is 2.47. The molecule has 2 N–H and O–H groups in total. The fourth-order valence-electron chi connectivity index (χ4n) is 2.29. The molecule has 5 heteroatoms. The van der Waals surface area contributed by atoms with E-state index >= 15 is 0 Å². The van der Waals surface area contributed by atoms with E-state index in [2.05, 4.69) is 0 Å². The summed E-state index contributed by atoms with van der Waals surface area (Å²) < 4.78 is 26.1. The third-order valence-corrected chi connectivity index (χ3v) is 4.00. The molecule has 1 saturated carbocycles. The second kappa shape index (κ2) is 4.89. The Morgan fingerprint density at radius 1 is 1.37 bits per heavy atom. The molecule has 1 aliphatic carbocycles. The Kier molecular flexibility index (Phi) is 3.58. The molecule has 0 heterocycles. The zero-order chi connectivity index (χ0) is 14.2. The zero-order valence-corrected chi connectivity index (χ0v) is 11.1. The molecule has 0 radical (unpaired) electrons. The number of likely N-dealkylation sites (N-methyl/N-ethyl adjacent to an activating group) is 1. The molecule has 1 atom stereocenters. The first kappa shape index (κ1) is 13.9. The average Bonchev–Trinajstić information content (AvgIpc) is 2.36. The summed E-state index contributed by atoms with van der Waals surface area (Å²) in [5.41, 5.74) is 5.77. The van der Waals surface area contributed by atoms with E-state index < -0.39 is 17.2 Å². The van der Waals surface area contributed by atoms with E-state index in [-0.39, 0.29) is 11.9 Å². The predicted molar refractivity (Wildman–Crippen MR) is 68.3 cm³/mol. The van der Waals surface area contributed by atoms with Crippen molar-refractivity contribution >= 4 is 5.91 Å². The number of nitrogens with zero attached hydrogens (tertiary/aromatic N) is 1. The lowest BCUT2D eigenvalue weighted by molar-refractivity contribution is -0.140. The predicted octanol–water partition coefficient (Wildman–Crippen LogP) is 2.37. The number of carbonyl (C=O) groups is 1. The lowest BCUT2D eigenvalue weighted by Gasteiger charge is -2.41. The van der Waals surface area contributed by atoms with Crippen molar-refractivity contribution in [3.63, 3.8) is 0 Å². The zero-order valence-electron chi connectivity index (χ0n) is 11.1. The molecule has 3 nitrogen and oxygen atoms in total. The maximum Gasteiger partial charge on any atom is 0.242 e. The van der Waals surface area contributed by atoms with Gasteiger partial charge in [0.1, 0.15) is 0 Å². The Balaban J connectivity index is 2.16. The van der Waals surface area contributed by atoms with Crippen LogP contribution in [0, 0.1) is 11.6 Å². The van der Waals surface area contributed by atoms with Gasteiger partial charge < -0.3 is 10.6 Å². The molecule has 1 aliphatic rings. The second-order valence-corrected chi connectivity index (χ2v) is 5.28. The molecule has 1 unspecified atom stereocenters. The highest BCUT2D eigenvalue weighted by Gasteiger charge is 2.42. The van der Waals surface area contributed by atoms with Crippen LogP contribution < -0.4 is 5.73 Å². The Labute approximate surface area is 111 Å². The maximum atomic E-state index is 13.2. The Bertz CT molecular complexity index is 500. The summed E-state index contributed by atoms with van der Waals surface area (Å²) in [6.45, 7) is 1.77. The van der Waals surface area contributed by atoms with Gasteiger partial charge in [0, 0.05) is 7.05 Å². The first-order valence-electron chi connectivity index (χ1n) is 6.36. The fraction of sp³-hybridized carbons (Fsp3) is 0.500. The summed E-state index contributed by atoms with van der Waals surface area (Å²) in [7, 11) is 1.64. The summed E-state index contributed by atoms with van der Waals surface area (Å²) in [5, 5.41) is 0. The van der Waals surface area contributed by atoms with E-state index in [0.717, 1.165) is 18.6 Å². The topological polar surface area (TPSA) is 46.3 Å². The van der Waals surface area contributed by atoms with Crippen LogP contribution in [0.4, 0.5) is 8.78 Å². The van der Waals surface area contributed by atoms with E-state index in [1.807, 2.05) is 0 Å². The quantitative estimate of drug-likeness (QED) is 0.914. The Morgan fingerprint density at radius 2 is 2.00 bits per heavy atom. The smallest absolute Gasteiger partial charge is 0.242 e. The minimum absolute atomic E-state index is 0.143. The molecular weight excluding hydrogens is 250 g/mol. The van der Waals surface area contributed by atoms with Gasteiger partial charge in [-0.2, -0.15) is 0 Å². The van der Waals surface area contributed by atoms with Crippen LogP contribution in [0.3, 0.4) is 0 Å². The lowest BCUT2D eigenvalue weighted by atomic mass is 9.76. The molecule has 1 fully saturated rings. The maximum absolute atomic E-state index is 13.2. The first-order chi connectivity index (χ1) is 8.85. The van der Waals surface area contributed by atoms with Gasteiger partial charge in [0.15, 0.2) is 11.6 Å². The summed E-state index contributed by atoms with van der Waals surface area (Å²) in [4.78, 5) is 13.8. The molecule has 1 aromatic carbocycles. The largest absolute Gasteiger partial charge is 0.337 e. The minimum atomic E-state index is -0.906. The number of hydrogen-bond acceptors (Lipinski definition) is 2. The van der Waals surface area contributed by atoms with Crippen LogP contribution in [-0.2, 0) is 4.79 Å². The van der Waals surface area contributed by atoms with Gasteiger partial charge in [0.05, 0.1) is 11.6 Å². The van der Waals surface area contributed by atoms with Crippen molar-refractivity contribution < 1.29 is 13.6 Å². The van der Waals surface area contributed by atoms with Crippen LogP contribution in [0.1, 0.15) is 37.8 Å². The monoisotopic (exact) mass is 268 g/mol. The van der Waals surface area contributed by atoms with Crippen LogP contribution in [0.25, 0.3) is 0 Å². The van der Waals surface area contributed by atoms with Crippen LogP contribution in [0.5, 0.6) is 0 Å². The molecular formula is C14H18F2N2O. The highest BCUT2D eigenvalue weighted by atomic mass is 19.2. The summed E-state index contributed by atoms with van der Waals surface area (Å²) in [6.07, 6.45) is 2.32. The molecule has 1 amide bonds.